The van der Waals surface area contributed by atoms with Crippen molar-refractivity contribution in [1.29, 1.82) is 0 Å². The summed E-state index contributed by atoms with van der Waals surface area (Å²) >= 11 is 0. The summed E-state index contributed by atoms with van der Waals surface area (Å²) in [7, 11) is 0. The lowest BCUT2D eigenvalue weighted by molar-refractivity contribution is -0.121. The molecule has 0 aromatic heterocycles. The van der Waals surface area contributed by atoms with Gasteiger partial charge in [-0.3, -0.25) is 4.79 Å². The first-order valence-corrected chi connectivity index (χ1v) is 7.61. The molecule has 3 rings (SSSR count). The maximum atomic E-state index is 13.6. The van der Waals surface area contributed by atoms with E-state index in [9.17, 15) is 13.6 Å². The van der Waals surface area contributed by atoms with Crippen molar-refractivity contribution in [3.63, 3.8) is 0 Å². The molecule has 1 saturated heterocycles. The molecular weight excluding hydrogens is 334 g/mol. The van der Waals surface area contributed by atoms with E-state index in [1.54, 1.807) is 12.1 Å². The normalized spacial score (nSPS) is 15.1. The Morgan fingerprint density at radius 1 is 1.12 bits per heavy atom. The molecule has 1 aliphatic rings. The summed E-state index contributed by atoms with van der Waals surface area (Å²) in [5.41, 5.74) is 1.72. The summed E-state index contributed by atoms with van der Waals surface area (Å²) in [6.45, 7) is 3.56. The Bertz CT molecular complexity index is 717. The Morgan fingerprint density at radius 2 is 1.75 bits per heavy atom. The number of benzene rings is 2. The van der Waals surface area contributed by atoms with Gasteiger partial charge in [0, 0.05) is 17.2 Å². The van der Waals surface area contributed by atoms with Gasteiger partial charge in [0.15, 0.2) is 0 Å². The quantitative estimate of drug-likeness (QED) is 0.877. The first-order valence-electron chi connectivity index (χ1n) is 7.61. The van der Waals surface area contributed by atoms with Crippen molar-refractivity contribution in [1.82, 2.24) is 5.32 Å². The van der Waals surface area contributed by atoms with E-state index in [0.29, 0.717) is 22.7 Å². The summed E-state index contributed by atoms with van der Waals surface area (Å²) in [6, 6.07) is 9.95. The smallest absolute Gasteiger partial charge is 0.227 e. The maximum Gasteiger partial charge on any atom is 0.227 e. The molecular formula is C18H19ClF2N2O. The van der Waals surface area contributed by atoms with Gasteiger partial charge in [-0.1, -0.05) is 19.1 Å². The average Bonchev–Trinajstić information content (AvgIpc) is 2.48. The predicted octanol–water partition coefficient (Wildman–Crippen LogP) is 3.85. The molecule has 0 bridgehead atoms. The van der Waals surface area contributed by atoms with Crippen molar-refractivity contribution in [2.45, 2.75) is 6.92 Å². The molecule has 0 saturated carbocycles. The van der Waals surface area contributed by atoms with Gasteiger partial charge in [0.2, 0.25) is 5.91 Å². The van der Waals surface area contributed by atoms with Crippen molar-refractivity contribution in [2.24, 2.45) is 11.8 Å². The first kappa shape index (κ1) is 18.4. The minimum Gasteiger partial charge on any atom is -0.325 e. The molecule has 2 N–H and O–H groups in total. The van der Waals surface area contributed by atoms with Gasteiger partial charge >= 0.3 is 0 Å². The second-order valence-corrected chi connectivity index (χ2v) is 5.89. The lowest BCUT2D eigenvalue weighted by Gasteiger charge is -2.31. The monoisotopic (exact) mass is 352 g/mol. The van der Waals surface area contributed by atoms with E-state index < -0.39 is 5.82 Å². The molecule has 0 radical (unpaired) electrons. The van der Waals surface area contributed by atoms with Crippen molar-refractivity contribution in [3.05, 3.63) is 54.1 Å². The van der Waals surface area contributed by atoms with E-state index in [1.165, 1.54) is 30.3 Å². The second-order valence-electron chi connectivity index (χ2n) is 5.89. The van der Waals surface area contributed by atoms with E-state index in [2.05, 4.69) is 10.6 Å². The highest BCUT2D eigenvalue weighted by Crippen LogP contribution is 2.30. The summed E-state index contributed by atoms with van der Waals surface area (Å²) in [5, 5.41) is 6.02. The topological polar surface area (TPSA) is 41.1 Å². The van der Waals surface area contributed by atoms with Gasteiger partial charge in [-0.25, -0.2) is 8.78 Å². The summed E-state index contributed by atoms with van der Waals surface area (Å²) in [4.78, 5) is 12.4. The number of amides is 1. The van der Waals surface area contributed by atoms with E-state index in [-0.39, 0.29) is 30.0 Å². The number of anilines is 1. The Kier molecular flexibility index (Phi) is 5.91. The number of carbonyl (C=O) groups is 1. The zero-order chi connectivity index (χ0) is 16.4. The van der Waals surface area contributed by atoms with Crippen LogP contribution >= 0.6 is 12.4 Å². The summed E-state index contributed by atoms with van der Waals surface area (Å²) in [5.74, 6) is -0.654. The molecule has 0 aliphatic carbocycles. The molecule has 1 unspecified atom stereocenters. The molecule has 128 valence electrons. The Hall–Kier alpha value is -1.98. The fourth-order valence-corrected chi connectivity index (χ4v) is 2.62. The minimum absolute atomic E-state index is 0. The van der Waals surface area contributed by atoms with Crippen LogP contribution in [-0.4, -0.2) is 19.0 Å². The van der Waals surface area contributed by atoms with Crippen LogP contribution in [0.4, 0.5) is 14.5 Å². The maximum absolute atomic E-state index is 13.6. The number of rotatable bonds is 4. The third kappa shape index (κ3) is 3.91. The number of hydrogen-bond donors (Lipinski definition) is 2. The van der Waals surface area contributed by atoms with E-state index in [4.69, 9.17) is 0 Å². The van der Waals surface area contributed by atoms with Gasteiger partial charge in [-0.2, -0.15) is 0 Å². The molecule has 24 heavy (non-hydrogen) atoms. The third-order valence-corrected chi connectivity index (χ3v) is 4.33. The van der Waals surface area contributed by atoms with Gasteiger partial charge in [0.05, 0.1) is 0 Å². The van der Waals surface area contributed by atoms with E-state index >= 15 is 0 Å². The minimum atomic E-state index is -0.404. The van der Waals surface area contributed by atoms with Gasteiger partial charge < -0.3 is 10.6 Å². The molecule has 2 aromatic carbocycles. The predicted molar refractivity (Wildman–Crippen MR) is 93.2 cm³/mol. The van der Waals surface area contributed by atoms with E-state index in [0.717, 1.165) is 13.1 Å². The van der Waals surface area contributed by atoms with Crippen LogP contribution < -0.4 is 10.6 Å². The van der Waals surface area contributed by atoms with Gasteiger partial charge in [-0.05, 0) is 54.9 Å². The zero-order valence-electron chi connectivity index (χ0n) is 13.2. The average molecular weight is 353 g/mol. The SMILES string of the molecule is CC(C(=O)Nc1ccc(F)cc1-c1ccc(F)cc1)C1CNC1.Cl. The van der Waals surface area contributed by atoms with Crippen molar-refractivity contribution < 1.29 is 13.6 Å². The van der Waals surface area contributed by atoms with Crippen LogP contribution in [0.3, 0.4) is 0 Å². The fraction of sp³-hybridized carbons (Fsp3) is 0.278. The molecule has 1 fully saturated rings. The highest BCUT2D eigenvalue weighted by molar-refractivity contribution is 5.96. The van der Waals surface area contributed by atoms with Crippen molar-refractivity contribution in [3.8, 4) is 11.1 Å². The lowest BCUT2D eigenvalue weighted by atomic mass is 9.88. The van der Waals surface area contributed by atoms with Crippen LogP contribution in [0.2, 0.25) is 0 Å². The van der Waals surface area contributed by atoms with Crippen LogP contribution in [0, 0.1) is 23.5 Å². The van der Waals surface area contributed by atoms with Crippen LogP contribution in [0.5, 0.6) is 0 Å². The molecule has 2 aromatic rings. The van der Waals surface area contributed by atoms with Gasteiger partial charge in [0.25, 0.3) is 0 Å². The molecule has 1 heterocycles. The fourth-order valence-electron chi connectivity index (χ4n) is 2.62. The summed E-state index contributed by atoms with van der Waals surface area (Å²) in [6.07, 6.45) is 0. The van der Waals surface area contributed by atoms with Crippen molar-refractivity contribution in [2.75, 3.05) is 18.4 Å². The van der Waals surface area contributed by atoms with Crippen LogP contribution in [0.1, 0.15) is 6.92 Å². The molecule has 1 aliphatic heterocycles. The number of halogens is 3. The Labute approximate surface area is 145 Å². The second kappa shape index (κ2) is 7.73. The Balaban J connectivity index is 0.00000208. The largest absolute Gasteiger partial charge is 0.325 e. The molecule has 3 nitrogen and oxygen atoms in total. The first-order chi connectivity index (χ1) is 11.0. The van der Waals surface area contributed by atoms with E-state index in [1.807, 2.05) is 6.92 Å². The standard InChI is InChI=1S/C18H18F2N2O.ClH/c1-11(13-9-21-10-13)18(23)22-17-7-6-15(20)8-16(17)12-2-4-14(19)5-3-12;/h2-8,11,13,21H,9-10H2,1H3,(H,22,23);1H. The lowest BCUT2D eigenvalue weighted by Crippen LogP contribution is -2.48. The number of hydrogen-bond acceptors (Lipinski definition) is 2. The summed E-state index contributed by atoms with van der Waals surface area (Å²) < 4.78 is 26.7. The van der Waals surface area contributed by atoms with Crippen molar-refractivity contribution >= 4 is 24.0 Å². The number of nitrogens with one attached hydrogen (secondary N) is 2. The van der Waals surface area contributed by atoms with Crippen LogP contribution in [0.25, 0.3) is 11.1 Å². The zero-order valence-corrected chi connectivity index (χ0v) is 14.0. The van der Waals surface area contributed by atoms with Gasteiger partial charge in [-0.15, -0.1) is 12.4 Å². The molecule has 6 heteroatoms. The molecule has 0 spiro atoms. The number of carbonyl (C=O) groups excluding carboxylic acids is 1. The molecule has 1 amide bonds. The Morgan fingerprint density at radius 3 is 2.33 bits per heavy atom. The van der Waals surface area contributed by atoms with Crippen LogP contribution in [-0.2, 0) is 4.79 Å². The highest BCUT2D eigenvalue weighted by atomic mass is 35.5. The third-order valence-electron chi connectivity index (χ3n) is 4.33. The highest BCUT2D eigenvalue weighted by Gasteiger charge is 2.29. The van der Waals surface area contributed by atoms with Crippen LogP contribution in [0.15, 0.2) is 42.5 Å². The molecule has 1 atom stereocenters. The van der Waals surface area contributed by atoms with Gasteiger partial charge in [0.1, 0.15) is 11.6 Å².